The van der Waals surface area contributed by atoms with E-state index in [0.717, 1.165) is 4.47 Å². The van der Waals surface area contributed by atoms with E-state index >= 15 is 0 Å². The molecule has 0 saturated heterocycles. The highest BCUT2D eigenvalue weighted by Gasteiger charge is 2.16. The summed E-state index contributed by atoms with van der Waals surface area (Å²) >= 11 is 9.24. The molecule has 0 saturated carbocycles. The molecule has 5 nitrogen and oxygen atoms in total. The maximum Gasteiger partial charge on any atom is 0.279 e. The molecule has 0 bridgehead atoms. The van der Waals surface area contributed by atoms with Gasteiger partial charge in [-0.25, -0.2) is 0 Å². The number of halogens is 2. The van der Waals surface area contributed by atoms with Gasteiger partial charge in [0.05, 0.1) is 10.6 Å². The Bertz CT molecular complexity index is 724. The zero-order chi connectivity index (χ0) is 16.8. The Morgan fingerprint density at radius 1 is 1.13 bits per heavy atom. The number of carbonyl (C=O) groups is 2. The molecule has 2 rings (SSSR count). The second-order valence-corrected chi connectivity index (χ2v) is 5.96. The first-order valence-corrected chi connectivity index (χ1v) is 7.91. The summed E-state index contributed by atoms with van der Waals surface area (Å²) in [6.45, 7) is 1.58. The van der Waals surface area contributed by atoms with Crippen molar-refractivity contribution in [3.05, 3.63) is 63.6 Å². The topological polar surface area (TPSA) is 67.4 Å². The Balaban J connectivity index is 1.89. The molecule has 1 unspecified atom stereocenters. The molecule has 7 heteroatoms. The van der Waals surface area contributed by atoms with E-state index in [2.05, 4.69) is 26.8 Å². The summed E-state index contributed by atoms with van der Waals surface area (Å²) < 4.78 is 6.34. The minimum Gasteiger partial charge on any atom is -0.481 e. The van der Waals surface area contributed by atoms with Gasteiger partial charge in [0.1, 0.15) is 5.75 Å². The second-order valence-electron chi connectivity index (χ2n) is 4.64. The first-order valence-electron chi connectivity index (χ1n) is 6.74. The molecule has 2 aromatic rings. The van der Waals surface area contributed by atoms with Crippen molar-refractivity contribution in [1.29, 1.82) is 0 Å². The maximum atomic E-state index is 12.0. The molecule has 0 heterocycles. The van der Waals surface area contributed by atoms with Gasteiger partial charge in [-0.2, -0.15) is 0 Å². The molecule has 2 aromatic carbocycles. The van der Waals surface area contributed by atoms with Crippen LogP contribution in [0.15, 0.2) is 53.0 Å². The fourth-order valence-corrected chi connectivity index (χ4v) is 2.33. The van der Waals surface area contributed by atoms with E-state index in [9.17, 15) is 9.59 Å². The molecular weight excluding hydrogens is 384 g/mol. The van der Waals surface area contributed by atoms with Crippen LogP contribution in [0.25, 0.3) is 0 Å². The van der Waals surface area contributed by atoms with Gasteiger partial charge in [0, 0.05) is 4.47 Å². The van der Waals surface area contributed by atoms with Gasteiger partial charge in [0.15, 0.2) is 6.10 Å². The number of carbonyl (C=O) groups excluding carboxylic acids is 2. The van der Waals surface area contributed by atoms with E-state index in [4.69, 9.17) is 16.3 Å². The first kappa shape index (κ1) is 17.3. The van der Waals surface area contributed by atoms with Crippen molar-refractivity contribution in [3.63, 3.8) is 0 Å². The third kappa shape index (κ3) is 4.97. The van der Waals surface area contributed by atoms with Crippen LogP contribution in [-0.4, -0.2) is 17.9 Å². The summed E-state index contributed by atoms with van der Waals surface area (Å²) in [5.41, 5.74) is 4.89. The van der Waals surface area contributed by atoms with Gasteiger partial charge in [-0.3, -0.25) is 20.4 Å². The predicted octanol–water partition coefficient (Wildman–Crippen LogP) is 3.33. The van der Waals surface area contributed by atoms with Gasteiger partial charge in [-0.15, -0.1) is 0 Å². The lowest BCUT2D eigenvalue weighted by molar-refractivity contribution is -0.128. The molecule has 0 radical (unpaired) electrons. The average Bonchev–Trinajstić information content (AvgIpc) is 2.52. The minimum atomic E-state index is -0.782. The van der Waals surface area contributed by atoms with E-state index in [1.807, 2.05) is 6.07 Å². The molecule has 0 aliphatic carbocycles. The van der Waals surface area contributed by atoms with Crippen molar-refractivity contribution >= 4 is 39.3 Å². The van der Waals surface area contributed by atoms with Crippen molar-refractivity contribution in [2.45, 2.75) is 13.0 Å². The fourth-order valence-electron chi connectivity index (χ4n) is 1.73. The molecular formula is C16H14BrClN2O3. The molecule has 120 valence electrons. The van der Waals surface area contributed by atoms with Gasteiger partial charge in [-0.05, 0) is 37.3 Å². The van der Waals surface area contributed by atoms with Gasteiger partial charge in [-0.1, -0.05) is 45.7 Å². The van der Waals surface area contributed by atoms with Crippen molar-refractivity contribution in [3.8, 4) is 5.75 Å². The van der Waals surface area contributed by atoms with Gasteiger partial charge >= 0.3 is 0 Å². The van der Waals surface area contributed by atoms with E-state index in [1.165, 1.54) is 0 Å². The Kier molecular flexibility index (Phi) is 6.01. The lowest BCUT2D eigenvalue weighted by Crippen LogP contribution is -2.47. The Morgan fingerprint density at radius 3 is 2.57 bits per heavy atom. The first-order chi connectivity index (χ1) is 11.0. The highest BCUT2D eigenvalue weighted by Crippen LogP contribution is 2.19. The molecule has 0 aliphatic rings. The number of rotatable bonds is 4. The minimum absolute atomic E-state index is 0.273. The smallest absolute Gasteiger partial charge is 0.279 e. The lowest BCUT2D eigenvalue weighted by Gasteiger charge is -2.15. The van der Waals surface area contributed by atoms with E-state index in [1.54, 1.807) is 49.4 Å². The predicted molar refractivity (Wildman–Crippen MR) is 91.3 cm³/mol. The second kappa shape index (κ2) is 7.99. The Labute approximate surface area is 147 Å². The van der Waals surface area contributed by atoms with Gasteiger partial charge in [0.2, 0.25) is 0 Å². The van der Waals surface area contributed by atoms with Crippen LogP contribution in [0.5, 0.6) is 5.75 Å². The van der Waals surface area contributed by atoms with Crippen LogP contribution in [0.4, 0.5) is 0 Å². The summed E-state index contributed by atoms with van der Waals surface area (Å²) in [6.07, 6.45) is -0.782. The largest absolute Gasteiger partial charge is 0.481 e. The Hall–Kier alpha value is -2.05. The molecule has 2 amide bonds. The average molecular weight is 398 g/mol. The van der Waals surface area contributed by atoms with Crippen LogP contribution in [0.2, 0.25) is 5.02 Å². The van der Waals surface area contributed by atoms with Crippen molar-refractivity contribution in [2.24, 2.45) is 0 Å². The van der Waals surface area contributed by atoms with Gasteiger partial charge in [0.25, 0.3) is 11.8 Å². The van der Waals surface area contributed by atoms with E-state index < -0.39 is 17.9 Å². The molecule has 0 fully saturated rings. The number of benzene rings is 2. The summed E-state index contributed by atoms with van der Waals surface area (Å²) in [5.74, 6) is -0.441. The highest BCUT2D eigenvalue weighted by atomic mass is 79.9. The zero-order valence-corrected chi connectivity index (χ0v) is 14.5. The third-order valence-corrected chi connectivity index (χ3v) is 3.72. The van der Waals surface area contributed by atoms with Crippen LogP contribution >= 0.6 is 27.5 Å². The lowest BCUT2D eigenvalue weighted by atomic mass is 10.2. The molecule has 0 aliphatic heterocycles. The number of hydrazine groups is 1. The normalized spacial score (nSPS) is 11.4. The SMILES string of the molecule is CC(Oc1cccc(Br)c1)C(=O)NNC(=O)c1ccccc1Cl. The molecule has 1 atom stereocenters. The number of hydrogen-bond donors (Lipinski definition) is 2. The summed E-state index contributed by atoms with van der Waals surface area (Å²) in [6, 6.07) is 13.7. The van der Waals surface area contributed by atoms with Crippen LogP contribution in [0, 0.1) is 0 Å². The van der Waals surface area contributed by atoms with Crippen molar-refractivity contribution in [1.82, 2.24) is 10.9 Å². The van der Waals surface area contributed by atoms with Crippen LogP contribution in [0.3, 0.4) is 0 Å². The fraction of sp³-hybridized carbons (Fsp3) is 0.125. The molecule has 0 spiro atoms. The highest BCUT2D eigenvalue weighted by molar-refractivity contribution is 9.10. The van der Waals surface area contributed by atoms with E-state index in [-0.39, 0.29) is 5.56 Å². The zero-order valence-electron chi connectivity index (χ0n) is 12.2. The molecule has 23 heavy (non-hydrogen) atoms. The van der Waals surface area contributed by atoms with Crippen LogP contribution < -0.4 is 15.6 Å². The molecule has 2 N–H and O–H groups in total. The van der Waals surface area contributed by atoms with Crippen molar-refractivity contribution < 1.29 is 14.3 Å². The maximum absolute atomic E-state index is 12.0. The quantitative estimate of drug-likeness (QED) is 0.778. The van der Waals surface area contributed by atoms with Gasteiger partial charge < -0.3 is 4.74 Å². The number of ether oxygens (including phenoxy) is 1. The number of nitrogens with one attached hydrogen (secondary N) is 2. The van der Waals surface area contributed by atoms with Crippen molar-refractivity contribution in [2.75, 3.05) is 0 Å². The molecule has 0 aromatic heterocycles. The number of amides is 2. The summed E-state index contributed by atoms with van der Waals surface area (Å²) in [5, 5.41) is 0.303. The third-order valence-electron chi connectivity index (χ3n) is 2.90. The van der Waals surface area contributed by atoms with Crippen LogP contribution in [-0.2, 0) is 4.79 Å². The van der Waals surface area contributed by atoms with Crippen LogP contribution in [0.1, 0.15) is 17.3 Å². The number of hydrogen-bond acceptors (Lipinski definition) is 3. The van der Waals surface area contributed by atoms with E-state index in [0.29, 0.717) is 10.8 Å². The summed E-state index contributed by atoms with van der Waals surface area (Å²) in [4.78, 5) is 23.9. The Morgan fingerprint density at radius 2 is 1.87 bits per heavy atom. The summed E-state index contributed by atoms with van der Waals surface area (Å²) in [7, 11) is 0. The standard InChI is InChI=1S/C16H14BrClN2O3/c1-10(23-12-6-4-5-11(17)9-12)15(21)19-20-16(22)13-7-2-3-8-14(13)18/h2-10H,1H3,(H,19,21)(H,20,22). The monoisotopic (exact) mass is 396 g/mol.